The van der Waals surface area contributed by atoms with E-state index in [-0.39, 0.29) is 0 Å². The molecule has 0 saturated carbocycles. The number of amides is 1. The molecule has 3 aromatic rings. The Morgan fingerprint density at radius 1 is 1.30 bits per heavy atom. The molecule has 0 aliphatic carbocycles. The first-order valence-electron chi connectivity index (χ1n) is 6.21. The van der Waals surface area contributed by atoms with Crippen LogP contribution in [0.5, 0.6) is 0 Å². The van der Waals surface area contributed by atoms with Gasteiger partial charge in [-0.2, -0.15) is 5.10 Å². The lowest BCUT2D eigenvalue weighted by Gasteiger charge is -1.98. The van der Waals surface area contributed by atoms with E-state index >= 15 is 0 Å². The highest BCUT2D eigenvalue weighted by atomic mass is 32.1. The first kappa shape index (κ1) is 12.8. The molecule has 5 nitrogen and oxygen atoms in total. The van der Waals surface area contributed by atoms with Crippen LogP contribution in [0.3, 0.4) is 0 Å². The lowest BCUT2D eigenvalue weighted by atomic mass is 10.2. The maximum absolute atomic E-state index is 11.5. The standard InChI is InChI=1S/C14H14N4OS/c1-7-4-5-10-11(6-7)20-14(16-10)18-9(3)12(13(15)19)8(2)17-18/h4-6H,1-3H3,(H2,15,19). The van der Waals surface area contributed by atoms with Gasteiger partial charge in [-0.15, -0.1) is 0 Å². The Hall–Kier alpha value is -2.21. The maximum atomic E-state index is 11.5. The molecule has 2 N–H and O–H groups in total. The summed E-state index contributed by atoms with van der Waals surface area (Å²) in [7, 11) is 0. The summed E-state index contributed by atoms with van der Waals surface area (Å²) in [4.78, 5) is 16.0. The van der Waals surface area contributed by atoms with Gasteiger partial charge in [-0.1, -0.05) is 17.4 Å². The van der Waals surface area contributed by atoms with Crippen molar-refractivity contribution in [1.29, 1.82) is 0 Å². The van der Waals surface area contributed by atoms with Crippen molar-refractivity contribution in [1.82, 2.24) is 14.8 Å². The topological polar surface area (TPSA) is 73.8 Å². The molecule has 0 aliphatic rings. The minimum atomic E-state index is -0.455. The number of hydrogen-bond acceptors (Lipinski definition) is 4. The summed E-state index contributed by atoms with van der Waals surface area (Å²) in [6, 6.07) is 6.12. The predicted molar refractivity (Wildman–Crippen MR) is 79.5 cm³/mol. The fraction of sp³-hybridized carbons (Fsp3) is 0.214. The van der Waals surface area contributed by atoms with Crippen LogP contribution in [0.1, 0.15) is 27.3 Å². The number of thiazole rings is 1. The van der Waals surface area contributed by atoms with Crippen molar-refractivity contribution in [3.63, 3.8) is 0 Å². The van der Waals surface area contributed by atoms with Gasteiger partial charge in [0.05, 0.1) is 27.2 Å². The van der Waals surface area contributed by atoms with Crippen LogP contribution in [0, 0.1) is 20.8 Å². The molecule has 6 heteroatoms. The van der Waals surface area contributed by atoms with Gasteiger partial charge in [0.25, 0.3) is 5.91 Å². The number of hydrogen-bond donors (Lipinski definition) is 1. The molecule has 0 spiro atoms. The van der Waals surface area contributed by atoms with Crippen molar-refractivity contribution < 1.29 is 4.79 Å². The number of nitrogens with zero attached hydrogens (tertiary/aromatic N) is 3. The Balaban J connectivity index is 2.21. The molecule has 102 valence electrons. The van der Waals surface area contributed by atoms with Crippen molar-refractivity contribution >= 4 is 27.5 Å². The molecule has 0 unspecified atom stereocenters. The third-order valence-electron chi connectivity index (χ3n) is 3.25. The summed E-state index contributed by atoms with van der Waals surface area (Å²) in [5.74, 6) is -0.455. The Labute approximate surface area is 120 Å². The lowest BCUT2D eigenvalue weighted by molar-refractivity contribution is 0.0999. The van der Waals surface area contributed by atoms with Crippen LogP contribution < -0.4 is 5.73 Å². The number of primary amides is 1. The molecule has 1 aromatic carbocycles. The van der Waals surface area contributed by atoms with Gasteiger partial charge >= 0.3 is 0 Å². The van der Waals surface area contributed by atoms with Gasteiger partial charge in [-0.05, 0) is 38.5 Å². The number of nitrogens with two attached hydrogens (primary N) is 1. The number of carbonyl (C=O) groups is 1. The average Bonchev–Trinajstić information content (AvgIpc) is 2.89. The molecule has 1 amide bonds. The Morgan fingerprint density at radius 2 is 2.05 bits per heavy atom. The quantitative estimate of drug-likeness (QED) is 0.786. The number of carbonyl (C=O) groups excluding carboxylic acids is 1. The van der Waals surface area contributed by atoms with Crippen LogP contribution in [-0.2, 0) is 0 Å². The molecule has 0 aliphatic heterocycles. The average molecular weight is 286 g/mol. The highest BCUT2D eigenvalue weighted by molar-refractivity contribution is 7.20. The fourth-order valence-corrected chi connectivity index (χ4v) is 3.36. The Bertz CT molecular complexity index is 831. The van der Waals surface area contributed by atoms with Crippen LogP contribution in [-0.4, -0.2) is 20.7 Å². The van der Waals surface area contributed by atoms with E-state index in [4.69, 9.17) is 5.73 Å². The van der Waals surface area contributed by atoms with Gasteiger partial charge in [0.15, 0.2) is 0 Å². The van der Waals surface area contributed by atoms with E-state index in [2.05, 4.69) is 16.1 Å². The summed E-state index contributed by atoms with van der Waals surface area (Å²) in [5.41, 5.74) is 9.35. The molecule has 0 radical (unpaired) electrons. The van der Waals surface area contributed by atoms with Gasteiger partial charge in [-0.25, -0.2) is 9.67 Å². The summed E-state index contributed by atoms with van der Waals surface area (Å²) in [6.45, 7) is 5.66. The minimum Gasteiger partial charge on any atom is -0.365 e. The molecular formula is C14H14N4OS. The van der Waals surface area contributed by atoms with Crippen molar-refractivity contribution in [3.8, 4) is 5.13 Å². The molecule has 0 saturated heterocycles. The maximum Gasteiger partial charge on any atom is 0.252 e. The van der Waals surface area contributed by atoms with E-state index in [0.29, 0.717) is 11.3 Å². The second-order valence-electron chi connectivity index (χ2n) is 4.79. The van der Waals surface area contributed by atoms with E-state index in [9.17, 15) is 4.79 Å². The predicted octanol–water partition coefficient (Wildman–Crippen LogP) is 2.51. The van der Waals surface area contributed by atoms with E-state index in [0.717, 1.165) is 21.0 Å². The van der Waals surface area contributed by atoms with E-state index in [1.165, 1.54) is 5.56 Å². The Morgan fingerprint density at radius 3 is 2.70 bits per heavy atom. The minimum absolute atomic E-state index is 0.455. The lowest BCUT2D eigenvalue weighted by Crippen LogP contribution is -2.13. The van der Waals surface area contributed by atoms with Crippen LogP contribution in [0.25, 0.3) is 15.3 Å². The Kier molecular flexibility index (Phi) is 2.83. The van der Waals surface area contributed by atoms with Gasteiger partial charge in [-0.3, -0.25) is 4.79 Å². The van der Waals surface area contributed by atoms with Crippen molar-refractivity contribution in [2.45, 2.75) is 20.8 Å². The normalized spacial score (nSPS) is 11.2. The number of benzene rings is 1. The van der Waals surface area contributed by atoms with Gasteiger partial charge in [0.1, 0.15) is 0 Å². The van der Waals surface area contributed by atoms with Crippen LogP contribution in [0.2, 0.25) is 0 Å². The summed E-state index contributed by atoms with van der Waals surface area (Å²) >= 11 is 1.55. The third kappa shape index (κ3) is 1.89. The van der Waals surface area contributed by atoms with Gasteiger partial charge in [0.2, 0.25) is 5.13 Å². The second kappa shape index (κ2) is 4.42. The monoisotopic (exact) mass is 286 g/mol. The zero-order valence-corrected chi connectivity index (χ0v) is 12.3. The van der Waals surface area contributed by atoms with Crippen molar-refractivity contribution in [2.75, 3.05) is 0 Å². The molecule has 3 rings (SSSR count). The van der Waals surface area contributed by atoms with Crippen molar-refractivity contribution in [2.24, 2.45) is 5.73 Å². The molecule has 2 heterocycles. The van der Waals surface area contributed by atoms with Crippen LogP contribution >= 0.6 is 11.3 Å². The highest BCUT2D eigenvalue weighted by Gasteiger charge is 2.18. The van der Waals surface area contributed by atoms with Gasteiger partial charge in [0, 0.05) is 0 Å². The van der Waals surface area contributed by atoms with Crippen LogP contribution in [0.4, 0.5) is 0 Å². The zero-order valence-electron chi connectivity index (χ0n) is 11.5. The largest absolute Gasteiger partial charge is 0.365 e. The number of aryl methyl sites for hydroxylation is 2. The summed E-state index contributed by atoms with van der Waals surface area (Å²) in [6.07, 6.45) is 0. The van der Waals surface area contributed by atoms with E-state index in [1.807, 2.05) is 26.0 Å². The first-order valence-corrected chi connectivity index (χ1v) is 7.02. The molecule has 0 bridgehead atoms. The zero-order chi connectivity index (χ0) is 14.4. The van der Waals surface area contributed by atoms with Crippen molar-refractivity contribution in [3.05, 3.63) is 40.7 Å². The second-order valence-corrected chi connectivity index (χ2v) is 5.80. The third-order valence-corrected chi connectivity index (χ3v) is 4.25. The summed E-state index contributed by atoms with van der Waals surface area (Å²) in [5, 5.41) is 5.13. The number of fused-ring (bicyclic) bond motifs is 1. The molecular weight excluding hydrogens is 272 g/mol. The number of rotatable bonds is 2. The molecule has 2 aromatic heterocycles. The van der Waals surface area contributed by atoms with Crippen LogP contribution in [0.15, 0.2) is 18.2 Å². The smallest absolute Gasteiger partial charge is 0.252 e. The van der Waals surface area contributed by atoms with E-state index in [1.54, 1.807) is 22.9 Å². The molecule has 20 heavy (non-hydrogen) atoms. The van der Waals surface area contributed by atoms with Gasteiger partial charge < -0.3 is 5.73 Å². The molecule has 0 fully saturated rings. The number of aromatic nitrogens is 3. The SMILES string of the molecule is Cc1ccc2nc(-n3nc(C)c(C(N)=O)c3C)sc2c1. The summed E-state index contributed by atoms with van der Waals surface area (Å²) < 4.78 is 2.79. The fourth-order valence-electron chi connectivity index (χ4n) is 2.30. The molecule has 0 atom stereocenters. The van der Waals surface area contributed by atoms with E-state index < -0.39 is 5.91 Å². The first-order chi connectivity index (χ1) is 9.47. The highest BCUT2D eigenvalue weighted by Crippen LogP contribution is 2.27.